The molecule has 3 aliphatic heterocycles. The smallest absolute Gasteiger partial charge is 0.296 e. The number of ether oxygens (including phenoxy) is 2. The summed E-state index contributed by atoms with van der Waals surface area (Å²) in [6.07, 6.45) is -1.40. The van der Waals surface area contributed by atoms with Crippen molar-refractivity contribution in [2.45, 2.75) is 37.8 Å². The Bertz CT molecular complexity index is 1350. The van der Waals surface area contributed by atoms with E-state index in [1.165, 1.54) is 10.6 Å². The SMILES string of the molecule is O=C1CCCC(C(=O)N2CC(Oc3cc(-n4c(C(F)F)nc5ccccc54)nc(N4CCOCC4)n3)C2)N1. The molecule has 11 nitrogen and oxygen atoms in total. The number of para-hydroxylation sites is 2. The first-order chi connectivity index (χ1) is 18.5. The molecule has 0 bridgehead atoms. The second kappa shape index (κ2) is 10.1. The van der Waals surface area contributed by atoms with Crippen LogP contribution in [-0.4, -0.2) is 87.8 Å². The average molecular weight is 528 g/mol. The van der Waals surface area contributed by atoms with E-state index in [4.69, 9.17) is 9.47 Å². The number of aromatic nitrogens is 4. The Labute approximate surface area is 216 Å². The highest BCUT2D eigenvalue weighted by Crippen LogP contribution is 2.30. The van der Waals surface area contributed by atoms with Crippen LogP contribution in [-0.2, 0) is 14.3 Å². The molecule has 38 heavy (non-hydrogen) atoms. The van der Waals surface area contributed by atoms with Crippen molar-refractivity contribution < 1.29 is 27.8 Å². The van der Waals surface area contributed by atoms with Gasteiger partial charge in [-0.1, -0.05) is 12.1 Å². The quantitative estimate of drug-likeness (QED) is 0.517. The van der Waals surface area contributed by atoms with Crippen LogP contribution in [0.25, 0.3) is 16.9 Å². The molecule has 5 heterocycles. The van der Waals surface area contributed by atoms with Gasteiger partial charge in [0.1, 0.15) is 18.0 Å². The van der Waals surface area contributed by atoms with Crippen molar-refractivity contribution in [3.05, 3.63) is 36.2 Å². The number of carbonyl (C=O) groups is 2. The highest BCUT2D eigenvalue weighted by Gasteiger charge is 2.37. The van der Waals surface area contributed by atoms with E-state index in [1.807, 2.05) is 4.90 Å². The molecule has 1 unspecified atom stereocenters. The van der Waals surface area contributed by atoms with Crippen LogP contribution in [0.3, 0.4) is 0 Å². The van der Waals surface area contributed by atoms with Gasteiger partial charge in [0, 0.05) is 25.6 Å². The van der Waals surface area contributed by atoms with Gasteiger partial charge < -0.3 is 24.6 Å². The summed E-state index contributed by atoms with van der Waals surface area (Å²) in [6, 6.07) is 7.91. The average Bonchev–Trinajstić information content (AvgIpc) is 3.31. The predicted molar refractivity (Wildman–Crippen MR) is 131 cm³/mol. The van der Waals surface area contributed by atoms with Gasteiger partial charge in [-0.2, -0.15) is 9.97 Å². The van der Waals surface area contributed by atoms with Crippen molar-refractivity contribution in [2.24, 2.45) is 0 Å². The largest absolute Gasteiger partial charge is 0.470 e. The Balaban J connectivity index is 1.27. The zero-order valence-corrected chi connectivity index (χ0v) is 20.6. The number of piperidine rings is 1. The summed E-state index contributed by atoms with van der Waals surface area (Å²) in [6.45, 7) is 2.78. The summed E-state index contributed by atoms with van der Waals surface area (Å²) in [5, 5.41) is 2.75. The van der Waals surface area contributed by atoms with Gasteiger partial charge in [-0.25, -0.2) is 13.8 Å². The summed E-state index contributed by atoms with van der Waals surface area (Å²) in [5.41, 5.74) is 0.926. The molecule has 0 spiro atoms. The lowest BCUT2D eigenvalue weighted by Gasteiger charge is -2.41. The third-order valence-corrected chi connectivity index (χ3v) is 6.96. The molecule has 2 aromatic heterocycles. The minimum Gasteiger partial charge on any atom is -0.470 e. The molecule has 13 heteroatoms. The molecule has 200 valence electrons. The number of carbonyl (C=O) groups excluding carboxylic acids is 2. The lowest BCUT2D eigenvalue weighted by atomic mass is 10.0. The monoisotopic (exact) mass is 527 g/mol. The number of hydrogen-bond donors (Lipinski definition) is 1. The normalized spacial score (nSPS) is 20.5. The van der Waals surface area contributed by atoms with Gasteiger partial charge in [0.15, 0.2) is 5.82 Å². The van der Waals surface area contributed by atoms with Crippen molar-refractivity contribution in [3.8, 4) is 11.7 Å². The lowest BCUT2D eigenvalue weighted by molar-refractivity contribution is -0.145. The van der Waals surface area contributed by atoms with E-state index in [2.05, 4.69) is 20.3 Å². The van der Waals surface area contributed by atoms with Crippen molar-refractivity contribution in [3.63, 3.8) is 0 Å². The molecule has 0 aliphatic carbocycles. The number of nitrogens with zero attached hydrogens (tertiary/aromatic N) is 6. The van der Waals surface area contributed by atoms with Gasteiger partial charge >= 0.3 is 0 Å². The fourth-order valence-electron chi connectivity index (χ4n) is 4.99. The number of halogens is 2. The molecule has 1 N–H and O–H groups in total. The van der Waals surface area contributed by atoms with E-state index >= 15 is 0 Å². The van der Waals surface area contributed by atoms with Crippen LogP contribution < -0.4 is 15.0 Å². The van der Waals surface area contributed by atoms with E-state index in [1.54, 1.807) is 29.2 Å². The van der Waals surface area contributed by atoms with Gasteiger partial charge in [-0.3, -0.25) is 14.2 Å². The summed E-state index contributed by atoms with van der Waals surface area (Å²) in [5.74, 6) is 0.133. The van der Waals surface area contributed by atoms with Crippen LogP contribution in [0, 0.1) is 0 Å². The number of rotatable bonds is 6. The predicted octanol–water partition coefficient (Wildman–Crippen LogP) is 1.85. The highest BCUT2D eigenvalue weighted by atomic mass is 19.3. The molecular weight excluding hydrogens is 500 g/mol. The molecule has 3 fully saturated rings. The maximum atomic E-state index is 14.0. The van der Waals surface area contributed by atoms with E-state index in [0.29, 0.717) is 75.6 Å². The molecule has 3 aromatic rings. The fraction of sp³-hybridized carbons (Fsp3) is 0.480. The van der Waals surface area contributed by atoms with Crippen molar-refractivity contribution >= 4 is 28.8 Å². The van der Waals surface area contributed by atoms with Crippen LogP contribution >= 0.6 is 0 Å². The third-order valence-electron chi connectivity index (χ3n) is 6.96. The number of hydrogen-bond acceptors (Lipinski definition) is 8. The highest BCUT2D eigenvalue weighted by molar-refractivity contribution is 5.89. The number of nitrogens with one attached hydrogen (secondary N) is 1. The van der Waals surface area contributed by atoms with Crippen LogP contribution in [0.4, 0.5) is 14.7 Å². The molecule has 6 rings (SSSR count). The minimum atomic E-state index is -2.82. The third kappa shape index (κ3) is 4.73. The van der Waals surface area contributed by atoms with E-state index in [0.717, 1.165) is 0 Å². The Hall–Kier alpha value is -3.87. The number of morpholine rings is 1. The maximum absolute atomic E-state index is 14.0. The Kier molecular flexibility index (Phi) is 6.52. The molecular formula is C25H27F2N7O4. The molecule has 0 radical (unpaired) electrons. The van der Waals surface area contributed by atoms with Gasteiger partial charge in [-0.05, 0) is 25.0 Å². The Morgan fingerprint density at radius 1 is 1.13 bits per heavy atom. The molecule has 3 saturated heterocycles. The Morgan fingerprint density at radius 3 is 2.68 bits per heavy atom. The number of anilines is 1. The minimum absolute atomic E-state index is 0.109. The summed E-state index contributed by atoms with van der Waals surface area (Å²) in [7, 11) is 0. The van der Waals surface area contributed by atoms with Crippen LogP contribution in [0.15, 0.2) is 30.3 Å². The number of benzene rings is 1. The molecule has 1 atom stereocenters. The molecule has 3 aliphatic rings. The first kappa shape index (κ1) is 24.5. The van der Waals surface area contributed by atoms with Gasteiger partial charge in [0.2, 0.25) is 23.6 Å². The first-order valence-electron chi connectivity index (χ1n) is 12.7. The van der Waals surface area contributed by atoms with Crippen molar-refractivity contribution in [2.75, 3.05) is 44.3 Å². The second-order valence-electron chi connectivity index (χ2n) is 9.55. The van der Waals surface area contributed by atoms with E-state index in [-0.39, 0.29) is 29.6 Å². The number of fused-ring (bicyclic) bond motifs is 1. The van der Waals surface area contributed by atoms with Crippen molar-refractivity contribution in [1.82, 2.24) is 29.7 Å². The lowest BCUT2D eigenvalue weighted by Crippen LogP contribution is -2.61. The molecule has 2 amide bonds. The van der Waals surface area contributed by atoms with Crippen LogP contribution in [0.1, 0.15) is 31.5 Å². The fourth-order valence-corrected chi connectivity index (χ4v) is 4.99. The zero-order valence-electron chi connectivity index (χ0n) is 20.6. The van der Waals surface area contributed by atoms with Gasteiger partial charge in [-0.15, -0.1) is 0 Å². The second-order valence-corrected chi connectivity index (χ2v) is 9.55. The topological polar surface area (TPSA) is 115 Å². The van der Waals surface area contributed by atoms with Crippen LogP contribution in [0.5, 0.6) is 5.88 Å². The Morgan fingerprint density at radius 2 is 1.92 bits per heavy atom. The molecule has 0 saturated carbocycles. The van der Waals surface area contributed by atoms with E-state index < -0.39 is 18.3 Å². The molecule has 1 aromatic carbocycles. The first-order valence-corrected chi connectivity index (χ1v) is 12.7. The van der Waals surface area contributed by atoms with Gasteiger partial charge in [0.05, 0.1) is 37.3 Å². The number of likely N-dealkylation sites (tertiary alicyclic amines) is 1. The number of imidazole rings is 1. The summed E-state index contributed by atoms with van der Waals surface area (Å²) >= 11 is 0. The zero-order chi connectivity index (χ0) is 26.2. The van der Waals surface area contributed by atoms with E-state index in [9.17, 15) is 18.4 Å². The number of amides is 2. The summed E-state index contributed by atoms with van der Waals surface area (Å²) < 4.78 is 40.9. The van der Waals surface area contributed by atoms with Gasteiger partial charge in [0.25, 0.3) is 6.43 Å². The van der Waals surface area contributed by atoms with Crippen LogP contribution in [0.2, 0.25) is 0 Å². The standard InChI is InChI=1S/C25H27F2N7O4/c26-22(27)23-29-16-4-1-2-6-18(16)34(23)19-12-21(31-25(30-19)32-8-10-37-11-9-32)38-15-13-33(14-15)24(36)17-5-3-7-20(35)28-17/h1-2,4,6,12,15,17,22H,3,5,7-11,13-14H2,(H,28,35). The van der Waals surface area contributed by atoms with Crippen molar-refractivity contribution in [1.29, 1.82) is 0 Å². The maximum Gasteiger partial charge on any atom is 0.296 e. The number of alkyl halides is 2. The summed E-state index contributed by atoms with van der Waals surface area (Å²) in [4.78, 5) is 41.3.